The lowest BCUT2D eigenvalue weighted by Crippen LogP contribution is -2.48. The summed E-state index contributed by atoms with van der Waals surface area (Å²) in [5.74, 6) is 1.35. The highest BCUT2D eigenvalue weighted by Crippen LogP contribution is 2.19. The number of carbonyl (C=O) groups excluding carboxylic acids is 1. The van der Waals surface area contributed by atoms with Crippen molar-refractivity contribution in [1.29, 1.82) is 0 Å². The minimum Gasteiger partial charge on any atom is -0.341 e. The summed E-state index contributed by atoms with van der Waals surface area (Å²) in [6, 6.07) is -0.310. The Morgan fingerprint density at radius 1 is 1.33 bits per heavy atom. The molecule has 2 N–H and O–H groups in total. The largest absolute Gasteiger partial charge is 0.341 e. The van der Waals surface area contributed by atoms with Gasteiger partial charge < -0.3 is 15.5 Å². The Labute approximate surface area is 111 Å². The second kappa shape index (κ2) is 7.10. The van der Waals surface area contributed by atoms with Crippen LogP contribution in [0.4, 0.5) is 0 Å². The highest BCUT2D eigenvalue weighted by atomic mass is 16.2. The lowest BCUT2D eigenvalue weighted by Gasteiger charge is -2.34. The summed E-state index contributed by atoms with van der Waals surface area (Å²) in [6.07, 6.45) is 3.01. The van der Waals surface area contributed by atoms with Gasteiger partial charge in [0.05, 0.1) is 6.04 Å². The van der Waals surface area contributed by atoms with Gasteiger partial charge in [0.25, 0.3) is 0 Å². The van der Waals surface area contributed by atoms with Gasteiger partial charge in [-0.2, -0.15) is 0 Å². The molecule has 0 saturated carbocycles. The van der Waals surface area contributed by atoms with Gasteiger partial charge in [0, 0.05) is 19.6 Å². The zero-order valence-electron chi connectivity index (χ0n) is 12.4. The number of likely N-dealkylation sites (tertiary alicyclic amines) is 1. The van der Waals surface area contributed by atoms with Gasteiger partial charge in [0.2, 0.25) is 5.91 Å². The van der Waals surface area contributed by atoms with Gasteiger partial charge >= 0.3 is 0 Å². The maximum absolute atomic E-state index is 12.2. The maximum Gasteiger partial charge on any atom is 0.239 e. The number of carbonyl (C=O) groups is 1. The SMILES string of the molecule is CC(C)C[C@H](N)C(=O)N1CCC(CN(C)C)CC1. The van der Waals surface area contributed by atoms with E-state index in [9.17, 15) is 4.79 Å². The zero-order chi connectivity index (χ0) is 13.7. The molecular weight excluding hydrogens is 226 g/mol. The Bertz CT molecular complexity index is 258. The first kappa shape index (κ1) is 15.4. The normalized spacial score (nSPS) is 19.6. The van der Waals surface area contributed by atoms with Crippen molar-refractivity contribution >= 4 is 5.91 Å². The van der Waals surface area contributed by atoms with E-state index in [2.05, 4.69) is 32.8 Å². The van der Waals surface area contributed by atoms with Crippen LogP contribution in [0.15, 0.2) is 0 Å². The Morgan fingerprint density at radius 3 is 2.33 bits per heavy atom. The predicted octanol–water partition coefficient (Wildman–Crippen LogP) is 1.16. The zero-order valence-corrected chi connectivity index (χ0v) is 12.4. The summed E-state index contributed by atoms with van der Waals surface area (Å²) in [5.41, 5.74) is 5.96. The van der Waals surface area contributed by atoms with Crippen LogP contribution >= 0.6 is 0 Å². The topological polar surface area (TPSA) is 49.6 Å². The highest BCUT2D eigenvalue weighted by Gasteiger charge is 2.26. The Balaban J connectivity index is 2.35. The molecule has 1 rings (SSSR count). The lowest BCUT2D eigenvalue weighted by molar-refractivity contribution is -0.134. The fraction of sp³-hybridized carbons (Fsp3) is 0.929. The van der Waals surface area contributed by atoms with Crippen molar-refractivity contribution in [2.24, 2.45) is 17.6 Å². The molecule has 0 aromatic heterocycles. The average Bonchev–Trinajstić information content (AvgIpc) is 2.27. The molecule has 1 amide bonds. The quantitative estimate of drug-likeness (QED) is 0.802. The van der Waals surface area contributed by atoms with E-state index in [0.29, 0.717) is 5.92 Å². The van der Waals surface area contributed by atoms with E-state index in [0.717, 1.165) is 44.8 Å². The lowest BCUT2D eigenvalue weighted by atomic mass is 9.95. The molecule has 106 valence electrons. The number of hydrogen-bond donors (Lipinski definition) is 1. The van der Waals surface area contributed by atoms with Crippen molar-refractivity contribution in [1.82, 2.24) is 9.80 Å². The van der Waals surface area contributed by atoms with Crippen LogP contribution in [0, 0.1) is 11.8 Å². The van der Waals surface area contributed by atoms with E-state index in [-0.39, 0.29) is 11.9 Å². The molecule has 4 nitrogen and oxygen atoms in total. The molecule has 18 heavy (non-hydrogen) atoms. The molecule has 1 saturated heterocycles. The number of nitrogens with two attached hydrogens (primary N) is 1. The van der Waals surface area contributed by atoms with Gasteiger partial charge in [-0.25, -0.2) is 0 Å². The number of nitrogens with zero attached hydrogens (tertiary/aromatic N) is 2. The van der Waals surface area contributed by atoms with Crippen molar-refractivity contribution in [3.8, 4) is 0 Å². The minimum absolute atomic E-state index is 0.145. The van der Waals surface area contributed by atoms with Crippen LogP contribution in [0.3, 0.4) is 0 Å². The molecule has 0 spiro atoms. The molecule has 1 atom stereocenters. The third-order valence-corrected chi connectivity index (χ3v) is 3.59. The molecule has 1 fully saturated rings. The van der Waals surface area contributed by atoms with Crippen LogP contribution < -0.4 is 5.73 Å². The summed E-state index contributed by atoms with van der Waals surface area (Å²) in [7, 11) is 4.21. The number of hydrogen-bond acceptors (Lipinski definition) is 3. The van der Waals surface area contributed by atoms with E-state index >= 15 is 0 Å². The predicted molar refractivity (Wildman–Crippen MR) is 75.3 cm³/mol. The Morgan fingerprint density at radius 2 is 1.89 bits per heavy atom. The monoisotopic (exact) mass is 255 g/mol. The maximum atomic E-state index is 12.2. The van der Waals surface area contributed by atoms with Crippen LogP contribution in [0.2, 0.25) is 0 Å². The molecule has 0 aromatic carbocycles. The molecule has 0 aliphatic carbocycles. The van der Waals surface area contributed by atoms with Crippen molar-refractivity contribution in [2.75, 3.05) is 33.7 Å². The van der Waals surface area contributed by atoms with Crippen LogP contribution in [0.5, 0.6) is 0 Å². The molecule has 0 radical (unpaired) electrons. The smallest absolute Gasteiger partial charge is 0.239 e. The summed E-state index contributed by atoms with van der Waals surface area (Å²) in [5, 5.41) is 0. The molecule has 0 bridgehead atoms. The third kappa shape index (κ3) is 4.94. The number of amides is 1. The first-order chi connectivity index (χ1) is 8.40. The van der Waals surface area contributed by atoms with Crippen molar-refractivity contribution < 1.29 is 4.79 Å². The fourth-order valence-corrected chi connectivity index (χ4v) is 2.70. The van der Waals surface area contributed by atoms with Crippen molar-refractivity contribution in [3.05, 3.63) is 0 Å². The second-order valence-corrected chi connectivity index (χ2v) is 6.27. The summed E-state index contributed by atoms with van der Waals surface area (Å²) in [6.45, 7) is 7.10. The van der Waals surface area contributed by atoms with E-state index < -0.39 is 0 Å². The van der Waals surface area contributed by atoms with Crippen LogP contribution in [-0.4, -0.2) is 55.5 Å². The van der Waals surface area contributed by atoms with Gasteiger partial charge in [-0.05, 0) is 45.2 Å². The van der Waals surface area contributed by atoms with Crippen LogP contribution in [-0.2, 0) is 4.79 Å². The standard InChI is InChI=1S/C14H29N3O/c1-11(2)9-13(15)14(18)17-7-5-12(6-8-17)10-16(3)4/h11-13H,5-10,15H2,1-4H3/t13-/m0/s1. The first-order valence-corrected chi connectivity index (χ1v) is 7.09. The number of piperidine rings is 1. The van der Waals surface area contributed by atoms with Gasteiger partial charge in [0.1, 0.15) is 0 Å². The molecule has 1 heterocycles. The molecule has 1 aliphatic heterocycles. The summed E-state index contributed by atoms with van der Waals surface area (Å²) in [4.78, 5) is 16.3. The van der Waals surface area contributed by atoms with E-state index in [1.165, 1.54) is 0 Å². The highest BCUT2D eigenvalue weighted by molar-refractivity contribution is 5.81. The Kier molecular flexibility index (Phi) is 6.09. The Hall–Kier alpha value is -0.610. The van der Waals surface area contributed by atoms with Crippen molar-refractivity contribution in [3.63, 3.8) is 0 Å². The second-order valence-electron chi connectivity index (χ2n) is 6.27. The van der Waals surface area contributed by atoms with Gasteiger partial charge in [-0.1, -0.05) is 13.8 Å². The van der Waals surface area contributed by atoms with E-state index in [1.54, 1.807) is 0 Å². The molecule has 4 heteroatoms. The first-order valence-electron chi connectivity index (χ1n) is 7.09. The van der Waals surface area contributed by atoms with Crippen LogP contribution in [0.25, 0.3) is 0 Å². The van der Waals surface area contributed by atoms with Crippen molar-refractivity contribution in [2.45, 2.75) is 39.2 Å². The summed E-state index contributed by atoms with van der Waals surface area (Å²) >= 11 is 0. The fourth-order valence-electron chi connectivity index (χ4n) is 2.70. The molecule has 0 unspecified atom stereocenters. The molecule has 0 aromatic rings. The third-order valence-electron chi connectivity index (χ3n) is 3.59. The van der Waals surface area contributed by atoms with Gasteiger partial charge in [-0.3, -0.25) is 4.79 Å². The van der Waals surface area contributed by atoms with Gasteiger partial charge in [0.15, 0.2) is 0 Å². The molecule has 1 aliphatic rings. The summed E-state index contributed by atoms with van der Waals surface area (Å²) < 4.78 is 0. The van der Waals surface area contributed by atoms with E-state index in [1.807, 2.05) is 4.90 Å². The number of rotatable bonds is 5. The van der Waals surface area contributed by atoms with E-state index in [4.69, 9.17) is 5.73 Å². The minimum atomic E-state index is -0.310. The average molecular weight is 255 g/mol. The van der Waals surface area contributed by atoms with Gasteiger partial charge in [-0.15, -0.1) is 0 Å². The van der Waals surface area contributed by atoms with Crippen LogP contribution in [0.1, 0.15) is 33.1 Å². The molecular formula is C14H29N3O.